The second-order valence-corrected chi connectivity index (χ2v) is 10.6. The molecule has 0 aromatic heterocycles. The molecule has 1 aliphatic heterocycles. The van der Waals surface area contributed by atoms with E-state index in [1.807, 2.05) is 62.4 Å². The van der Waals surface area contributed by atoms with Crippen molar-refractivity contribution in [3.05, 3.63) is 89.8 Å². The number of amidine groups is 1. The highest BCUT2D eigenvalue weighted by molar-refractivity contribution is 14.1. The topological polar surface area (TPSA) is 59.9 Å². The first-order valence-corrected chi connectivity index (χ1v) is 13.4. The van der Waals surface area contributed by atoms with E-state index in [0.717, 1.165) is 25.9 Å². The van der Waals surface area contributed by atoms with Gasteiger partial charge in [-0.05, 0) is 102 Å². The predicted octanol–water partition coefficient (Wildman–Crippen LogP) is 7.78. The summed E-state index contributed by atoms with van der Waals surface area (Å²) in [7, 11) is 0. The van der Waals surface area contributed by atoms with Gasteiger partial charge < -0.3 is 14.8 Å². The number of nitrogens with one attached hydrogen (secondary N) is 1. The quantitative estimate of drug-likeness (QED) is 0.212. The molecule has 180 valence electrons. The molecule has 0 aliphatic carbocycles. The van der Waals surface area contributed by atoms with E-state index in [0.29, 0.717) is 44.8 Å². The molecule has 1 amide bonds. The Balaban J connectivity index is 1.55. The number of carbonyl (C=O) groups excluding carboxylic acids is 1. The average Bonchev–Trinajstić information content (AvgIpc) is 3.15. The highest BCUT2D eigenvalue weighted by Gasteiger charge is 2.24. The van der Waals surface area contributed by atoms with Gasteiger partial charge in [-0.1, -0.05) is 47.0 Å². The van der Waals surface area contributed by atoms with Crippen LogP contribution in [-0.4, -0.2) is 17.7 Å². The molecule has 0 spiro atoms. The Morgan fingerprint density at radius 2 is 1.83 bits per heavy atom. The number of halogens is 3. The summed E-state index contributed by atoms with van der Waals surface area (Å²) in [6, 6.07) is 17.0. The summed E-state index contributed by atoms with van der Waals surface area (Å²) in [4.78, 5) is 17.6. The van der Waals surface area contributed by atoms with E-state index in [1.165, 1.54) is 11.8 Å². The number of carbonyl (C=O) groups is 1. The van der Waals surface area contributed by atoms with Crippen molar-refractivity contribution in [3.8, 4) is 11.5 Å². The van der Waals surface area contributed by atoms with Crippen LogP contribution in [0.2, 0.25) is 10.0 Å². The van der Waals surface area contributed by atoms with Gasteiger partial charge in [0.15, 0.2) is 16.7 Å². The predicted molar refractivity (Wildman–Crippen MR) is 153 cm³/mol. The van der Waals surface area contributed by atoms with Crippen molar-refractivity contribution in [1.29, 1.82) is 0 Å². The fraction of sp³-hybridized carbons (Fsp3) is 0.154. The molecule has 9 heteroatoms. The van der Waals surface area contributed by atoms with E-state index in [2.05, 4.69) is 32.9 Å². The van der Waals surface area contributed by atoms with Crippen LogP contribution in [0.5, 0.6) is 11.5 Å². The smallest absolute Gasteiger partial charge is 0.264 e. The number of thioether (sulfide) groups is 1. The monoisotopic (exact) mass is 638 g/mol. The molecule has 0 saturated carbocycles. The summed E-state index contributed by atoms with van der Waals surface area (Å²) >= 11 is 15.6. The van der Waals surface area contributed by atoms with Crippen LogP contribution < -0.4 is 14.8 Å². The van der Waals surface area contributed by atoms with Crippen molar-refractivity contribution in [1.82, 2.24) is 5.32 Å². The maximum absolute atomic E-state index is 12.5. The summed E-state index contributed by atoms with van der Waals surface area (Å²) in [5.74, 6) is 1.04. The number of nitrogens with zero attached hydrogens (tertiary/aromatic N) is 1. The Bertz CT molecular complexity index is 1330. The lowest BCUT2D eigenvalue weighted by molar-refractivity contribution is -0.115. The second kappa shape index (κ2) is 11.7. The molecule has 3 aromatic rings. The lowest BCUT2D eigenvalue weighted by Gasteiger charge is -2.15. The van der Waals surface area contributed by atoms with Crippen LogP contribution in [0.25, 0.3) is 6.08 Å². The zero-order valence-corrected chi connectivity index (χ0v) is 23.4. The van der Waals surface area contributed by atoms with Crippen LogP contribution in [0.4, 0.5) is 5.69 Å². The first kappa shape index (κ1) is 25.9. The normalized spacial score (nSPS) is 15.5. The Kier molecular flexibility index (Phi) is 8.64. The molecule has 0 unspecified atom stereocenters. The first-order valence-electron chi connectivity index (χ1n) is 10.7. The number of rotatable bonds is 7. The molecule has 1 saturated heterocycles. The molecule has 1 heterocycles. The van der Waals surface area contributed by atoms with Gasteiger partial charge in [0.25, 0.3) is 5.91 Å². The number of ether oxygens (including phenoxy) is 2. The fourth-order valence-corrected chi connectivity index (χ4v) is 5.17. The Morgan fingerprint density at radius 1 is 1.06 bits per heavy atom. The Hall–Kier alpha value is -2.20. The number of hydrogen-bond acceptors (Lipinski definition) is 5. The van der Waals surface area contributed by atoms with Gasteiger partial charge >= 0.3 is 0 Å². The van der Waals surface area contributed by atoms with Crippen molar-refractivity contribution in [2.24, 2.45) is 4.99 Å². The number of benzene rings is 3. The van der Waals surface area contributed by atoms with Crippen LogP contribution in [0.15, 0.2) is 64.5 Å². The van der Waals surface area contributed by atoms with E-state index in [-0.39, 0.29) is 5.91 Å². The van der Waals surface area contributed by atoms with Crippen LogP contribution in [0, 0.1) is 10.5 Å². The Labute approximate surface area is 232 Å². The van der Waals surface area contributed by atoms with Gasteiger partial charge in [-0.3, -0.25) is 4.79 Å². The standard InChI is InChI=1S/C26H21Cl2IN2O3S/c1-3-33-22-12-17(11-21(29)24(22)34-14-16-6-9-19(27)20(28)10-16)13-23-25(32)31-26(35-23)30-18-7-4-15(2)5-8-18/h4-13H,3,14H2,1-2H3,(H,30,31,32)/b23-13+. The molecule has 5 nitrogen and oxygen atoms in total. The third-order valence-electron chi connectivity index (χ3n) is 4.91. The highest BCUT2D eigenvalue weighted by Crippen LogP contribution is 2.37. The lowest BCUT2D eigenvalue weighted by atomic mass is 10.1. The number of amides is 1. The van der Waals surface area contributed by atoms with Gasteiger partial charge in [0.2, 0.25) is 0 Å². The van der Waals surface area contributed by atoms with Gasteiger partial charge in [0.05, 0.1) is 30.8 Å². The lowest BCUT2D eigenvalue weighted by Crippen LogP contribution is -2.19. The van der Waals surface area contributed by atoms with E-state index in [9.17, 15) is 4.79 Å². The summed E-state index contributed by atoms with van der Waals surface area (Å²) < 4.78 is 12.8. The molecule has 4 rings (SSSR count). The van der Waals surface area contributed by atoms with Gasteiger partial charge in [0.1, 0.15) is 6.61 Å². The third-order valence-corrected chi connectivity index (χ3v) is 7.36. The molecule has 1 N–H and O–H groups in total. The van der Waals surface area contributed by atoms with Gasteiger partial charge in [-0.25, -0.2) is 4.99 Å². The largest absolute Gasteiger partial charge is 0.490 e. The van der Waals surface area contributed by atoms with Crippen molar-refractivity contribution >= 4 is 80.4 Å². The zero-order chi connectivity index (χ0) is 24.9. The molecule has 1 fully saturated rings. The van der Waals surface area contributed by atoms with Gasteiger partial charge in [-0.15, -0.1) is 0 Å². The molecule has 1 aliphatic rings. The van der Waals surface area contributed by atoms with Crippen molar-refractivity contribution in [2.45, 2.75) is 20.5 Å². The van der Waals surface area contributed by atoms with E-state index in [4.69, 9.17) is 32.7 Å². The fourth-order valence-electron chi connectivity index (χ4n) is 3.23. The first-order chi connectivity index (χ1) is 16.8. The maximum atomic E-state index is 12.5. The molecule has 0 bridgehead atoms. The number of hydrogen-bond donors (Lipinski definition) is 1. The minimum atomic E-state index is -0.186. The van der Waals surface area contributed by atoms with Crippen LogP contribution in [0.3, 0.4) is 0 Å². The maximum Gasteiger partial charge on any atom is 0.264 e. The molecule has 0 radical (unpaired) electrons. The van der Waals surface area contributed by atoms with Crippen molar-refractivity contribution in [2.75, 3.05) is 6.61 Å². The summed E-state index contributed by atoms with van der Waals surface area (Å²) in [6.45, 7) is 4.71. The molecule has 3 aromatic carbocycles. The van der Waals surface area contributed by atoms with Crippen LogP contribution >= 0.6 is 57.6 Å². The molecular weight excluding hydrogens is 618 g/mol. The minimum Gasteiger partial charge on any atom is -0.490 e. The Morgan fingerprint density at radius 3 is 2.54 bits per heavy atom. The summed E-state index contributed by atoms with van der Waals surface area (Å²) in [6.07, 6.45) is 1.82. The average molecular weight is 639 g/mol. The summed E-state index contributed by atoms with van der Waals surface area (Å²) in [5.41, 5.74) is 3.66. The van der Waals surface area contributed by atoms with E-state index >= 15 is 0 Å². The van der Waals surface area contributed by atoms with Crippen LogP contribution in [-0.2, 0) is 11.4 Å². The third kappa shape index (κ3) is 6.73. The van der Waals surface area contributed by atoms with Crippen LogP contribution in [0.1, 0.15) is 23.6 Å². The number of aryl methyl sites for hydroxylation is 1. The van der Waals surface area contributed by atoms with Gasteiger partial charge in [0, 0.05) is 0 Å². The number of aliphatic imine (C=N–C) groups is 1. The minimum absolute atomic E-state index is 0.186. The van der Waals surface area contributed by atoms with E-state index in [1.54, 1.807) is 12.1 Å². The van der Waals surface area contributed by atoms with E-state index < -0.39 is 0 Å². The van der Waals surface area contributed by atoms with Crippen molar-refractivity contribution in [3.63, 3.8) is 0 Å². The van der Waals surface area contributed by atoms with Crippen molar-refractivity contribution < 1.29 is 14.3 Å². The SMILES string of the molecule is CCOc1cc(/C=C2/SC(=Nc3ccc(C)cc3)NC2=O)cc(I)c1OCc1ccc(Cl)c(Cl)c1. The molecule has 0 atom stereocenters. The molecule has 35 heavy (non-hydrogen) atoms. The summed E-state index contributed by atoms with van der Waals surface area (Å²) in [5, 5.41) is 4.35. The highest BCUT2D eigenvalue weighted by atomic mass is 127. The second-order valence-electron chi connectivity index (χ2n) is 7.62. The molecular formula is C26H21Cl2IN2O3S. The zero-order valence-electron chi connectivity index (χ0n) is 18.9. The van der Waals surface area contributed by atoms with Gasteiger partial charge in [-0.2, -0.15) is 0 Å².